The van der Waals surface area contributed by atoms with Crippen molar-refractivity contribution in [2.75, 3.05) is 19.7 Å². The van der Waals surface area contributed by atoms with Crippen molar-refractivity contribution in [1.82, 2.24) is 10.2 Å². The van der Waals surface area contributed by atoms with Crippen molar-refractivity contribution >= 4 is 12.0 Å². The topological polar surface area (TPSA) is 89.9 Å². The summed E-state index contributed by atoms with van der Waals surface area (Å²) in [5, 5.41) is 19.7. The molecule has 1 atom stereocenters. The molecule has 6 nitrogen and oxygen atoms in total. The van der Waals surface area contributed by atoms with Gasteiger partial charge >= 0.3 is 18.2 Å². The Morgan fingerprint density at radius 3 is 2.25 bits per heavy atom. The molecule has 0 radical (unpaired) electrons. The number of piperidine rings is 1. The first-order chi connectivity index (χ1) is 9.25. The SMILES string of the molecule is O=C(O)[C@@H](CCO)NC(=O)N1CCC(C(F)(F)F)CC1. The molecular weight excluding hydrogens is 281 g/mol. The Bertz CT molecular complexity index is 354. The van der Waals surface area contributed by atoms with Gasteiger partial charge in [-0.25, -0.2) is 9.59 Å². The lowest BCUT2D eigenvalue weighted by Gasteiger charge is -2.33. The Morgan fingerprint density at radius 1 is 1.30 bits per heavy atom. The zero-order valence-corrected chi connectivity index (χ0v) is 10.7. The zero-order valence-electron chi connectivity index (χ0n) is 10.7. The Hall–Kier alpha value is -1.51. The van der Waals surface area contributed by atoms with E-state index in [1.165, 1.54) is 0 Å². The van der Waals surface area contributed by atoms with Gasteiger partial charge in [0.25, 0.3) is 0 Å². The van der Waals surface area contributed by atoms with Gasteiger partial charge in [0.05, 0.1) is 5.92 Å². The molecule has 20 heavy (non-hydrogen) atoms. The van der Waals surface area contributed by atoms with E-state index < -0.39 is 36.7 Å². The van der Waals surface area contributed by atoms with Gasteiger partial charge in [-0.05, 0) is 12.8 Å². The summed E-state index contributed by atoms with van der Waals surface area (Å²) >= 11 is 0. The summed E-state index contributed by atoms with van der Waals surface area (Å²) in [7, 11) is 0. The molecule has 0 saturated carbocycles. The number of urea groups is 1. The van der Waals surface area contributed by atoms with Gasteiger partial charge in [0, 0.05) is 26.1 Å². The van der Waals surface area contributed by atoms with E-state index in [4.69, 9.17) is 10.2 Å². The van der Waals surface area contributed by atoms with Crippen molar-refractivity contribution in [3.8, 4) is 0 Å². The highest BCUT2D eigenvalue weighted by Crippen LogP contribution is 2.34. The number of hydrogen-bond acceptors (Lipinski definition) is 3. The molecule has 0 aromatic carbocycles. The molecule has 0 unspecified atom stereocenters. The summed E-state index contributed by atoms with van der Waals surface area (Å²) in [5.41, 5.74) is 0. The summed E-state index contributed by atoms with van der Waals surface area (Å²) in [5.74, 6) is -2.71. The van der Waals surface area contributed by atoms with Crippen LogP contribution < -0.4 is 5.32 Å². The molecule has 0 aromatic heterocycles. The van der Waals surface area contributed by atoms with Gasteiger partial charge in [-0.2, -0.15) is 13.2 Å². The molecule has 1 aliphatic rings. The number of halogens is 3. The molecule has 2 amide bonds. The number of amides is 2. The maximum absolute atomic E-state index is 12.5. The fourth-order valence-electron chi connectivity index (χ4n) is 2.04. The minimum absolute atomic E-state index is 0.0680. The van der Waals surface area contributed by atoms with Gasteiger partial charge in [0.15, 0.2) is 0 Å². The third-order valence-corrected chi connectivity index (χ3v) is 3.26. The van der Waals surface area contributed by atoms with Crippen LogP contribution in [-0.4, -0.2) is 59.0 Å². The van der Waals surface area contributed by atoms with Crippen molar-refractivity contribution in [3.05, 3.63) is 0 Å². The van der Waals surface area contributed by atoms with E-state index >= 15 is 0 Å². The molecule has 1 saturated heterocycles. The summed E-state index contributed by atoms with van der Waals surface area (Å²) in [6, 6.07) is -1.96. The van der Waals surface area contributed by atoms with Crippen LogP contribution in [0.2, 0.25) is 0 Å². The average Bonchev–Trinajstić information content (AvgIpc) is 2.37. The molecule has 9 heteroatoms. The Labute approximate surface area is 113 Å². The van der Waals surface area contributed by atoms with Gasteiger partial charge in [0.1, 0.15) is 6.04 Å². The second kappa shape index (κ2) is 6.78. The minimum atomic E-state index is -4.26. The van der Waals surface area contributed by atoms with Crippen molar-refractivity contribution in [2.45, 2.75) is 31.5 Å². The maximum atomic E-state index is 12.5. The molecule has 1 rings (SSSR count). The fraction of sp³-hybridized carbons (Fsp3) is 0.818. The number of nitrogens with zero attached hydrogens (tertiary/aromatic N) is 1. The number of carbonyl (C=O) groups is 2. The van der Waals surface area contributed by atoms with E-state index in [0.29, 0.717) is 0 Å². The van der Waals surface area contributed by atoms with E-state index in [2.05, 4.69) is 5.32 Å². The first kappa shape index (κ1) is 16.5. The number of nitrogens with one attached hydrogen (secondary N) is 1. The molecule has 0 bridgehead atoms. The number of aliphatic hydroxyl groups is 1. The van der Waals surface area contributed by atoms with E-state index in [9.17, 15) is 22.8 Å². The molecule has 0 spiro atoms. The molecular formula is C11H17F3N2O4. The van der Waals surface area contributed by atoms with Crippen LogP contribution in [0.1, 0.15) is 19.3 Å². The predicted octanol–water partition coefficient (Wildman–Crippen LogP) is 0.806. The van der Waals surface area contributed by atoms with Crippen molar-refractivity contribution < 1.29 is 33.0 Å². The summed E-state index contributed by atoms with van der Waals surface area (Å²) < 4.78 is 37.4. The number of carboxylic acid groups (broad SMARTS) is 1. The highest BCUT2D eigenvalue weighted by molar-refractivity contribution is 5.82. The van der Waals surface area contributed by atoms with Gasteiger partial charge in [-0.3, -0.25) is 0 Å². The van der Waals surface area contributed by atoms with Crippen LogP contribution in [0.4, 0.5) is 18.0 Å². The lowest BCUT2D eigenvalue weighted by Crippen LogP contribution is -2.51. The standard InChI is InChI=1S/C11H17F3N2O4/c12-11(13,14)7-1-4-16(5-2-7)10(20)15-8(3-6-17)9(18)19/h7-8,17H,1-6H2,(H,15,20)(H,18,19)/t8-/m1/s1. The Kier molecular flexibility index (Phi) is 5.61. The summed E-state index contributed by atoms with van der Waals surface area (Å²) in [6.45, 7) is -0.545. The molecule has 116 valence electrons. The quantitative estimate of drug-likeness (QED) is 0.716. The lowest BCUT2D eigenvalue weighted by atomic mass is 9.96. The van der Waals surface area contributed by atoms with Gasteiger partial charge in [0.2, 0.25) is 0 Å². The van der Waals surface area contributed by atoms with E-state index in [-0.39, 0.29) is 32.4 Å². The third kappa shape index (κ3) is 4.55. The number of likely N-dealkylation sites (tertiary alicyclic amines) is 1. The van der Waals surface area contributed by atoms with Crippen LogP contribution >= 0.6 is 0 Å². The van der Waals surface area contributed by atoms with Crippen molar-refractivity contribution in [1.29, 1.82) is 0 Å². The highest BCUT2D eigenvalue weighted by atomic mass is 19.4. The molecule has 0 aliphatic carbocycles. The molecule has 1 fully saturated rings. The number of rotatable bonds is 4. The number of alkyl halides is 3. The molecule has 1 aliphatic heterocycles. The van der Waals surface area contributed by atoms with Gasteiger partial charge in [-0.1, -0.05) is 0 Å². The average molecular weight is 298 g/mol. The number of carbonyl (C=O) groups excluding carboxylic acids is 1. The molecule has 1 heterocycles. The minimum Gasteiger partial charge on any atom is -0.480 e. The predicted molar refractivity (Wildman–Crippen MR) is 62.0 cm³/mol. The smallest absolute Gasteiger partial charge is 0.391 e. The molecule has 0 aromatic rings. The number of aliphatic carboxylic acids is 1. The van der Waals surface area contributed by atoms with Crippen LogP contribution in [0.5, 0.6) is 0 Å². The third-order valence-electron chi connectivity index (χ3n) is 3.26. The summed E-state index contributed by atoms with van der Waals surface area (Å²) in [6.07, 6.45) is -4.79. The zero-order chi connectivity index (χ0) is 15.3. The van der Waals surface area contributed by atoms with E-state index in [1.54, 1.807) is 0 Å². The highest BCUT2D eigenvalue weighted by Gasteiger charge is 2.41. The maximum Gasteiger partial charge on any atom is 0.391 e. The van der Waals surface area contributed by atoms with Crippen LogP contribution in [0.25, 0.3) is 0 Å². The van der Waals surface area contributed by atoms with Gasteiger partial charge < -0.3 is 20.4 Å². The normalized spacial score (nSPS) is 18.7. The van der Waals surface area contributed by atoms with Crippen molar-refractivity contribution in [3.63, 3.8) is 0 Å². The number of carboxylic acids is 1. The first-order valence-electron chi connectivity index (χ1n) is 6.21. The fourth-order valence-corrected chi connectivity index (χ4v) is 2.04. The van der Waals surface area contributed by atoms with Crippen LogP contribution in [0.15, 0.2) is 0 Å². The Morgan fingerprint density at radius 2 is 1.85 bits per heavy atom. The number of hydrogen-bond donors (Lipinski definition) is 3. The monoisotopic (exact) mass is 298 g/mol. The second-order valence-electron chi connectivity index (χ2n) is 4.66. The van der Waals surface area contributed by atoms with Crippen LogP contribution in [0, 0.1) is 5.92 Å². The van der Waals surface area contributed by atoms with E-state index in [1.807, 2.05) is 0 Å². The van der Waals surface area contributed by atoms with Crippen LogP contribution in [0.3, 0.4) is 0 Å². The second-order valence-corrected chi connectivity index (χ2v) is 4.66. The number of aliphatic hydroxyl groups excluding tert-OH is 1. The molecule has 3 N–H and O–H groups in total. The first-order valence-corrected chi connectivity index (χ1v) is 6.21. The van der Waals surface area contributed by atoms with E-state index in [0.717, 1.165) is 4.90 Å². The summed E-state index contributed by atoms with van der Waals surface area (Å²) in [4.78, 5) is 23.7. The van der Waals surface area contributed by atoms with Gasteiger partial charge in [-0.15, -0.1) is 0 Å². The van der Waals surface area contributed by atoms with Crippen LogP contribution in [-0.2, 0) is 4.79 Å². The lowest BCUT2D eigenvalue weighted by molar-refractivity contribution is -0.183. The largest absolute Gasteiger partial charge is 0.480 e. The Balaban J connectivity index is 2.48. The van der Waals surface area contributed by atoms with Crippen molar-refractivity contribution in [2.24, 2.45) is 5.92 Å².